The quantitative estimate of drug-likeness (QED) is 0.110. The van der Waals surface area contributed by atoms with E-state index < -0.39 is 4.92 Å². The molecule has 3 aromatic carbocycles. The lowest BCUT2D eigenvalue weighted by molar-refractivity contribution is -0.386. The molecule has 0 aliphatic heterocycles. The van der Waals surface area contributed by atoms with Crippen LogP contribution in [-0.4, -0.2) is 27.4 Å². The Morgan fingerprint density at radius 3 is 2.56 bits per heavy atom. The Labute approximate surface area is 234 Å². The van der Waals surface area contributed by atoms with Crippen molar-refractivity contribution in [2.75, 3.05) is 6.61 Å². The number of hydrogen-bond donors (Lipinski definition) is 0. The lowest BCUT2D eigenvalue weighted by Gasteiger charge is -2.13. The molecule has 0 amide bonds. The molecular weight excluding hydrogens is 564 g/mol. The predicted molar refractivity (Wildman–Crippen MR) is 155 cm³/mol. The molecule has 0 N–H and O–H groups in total. The number of aromatic nitrogens is 2. The molecule has 0 saturated heterocycles. The van der Waals surface area contributed by atoms with Gasteiger partial charge in [-0.1, -0.05) is 59.1 Å². The fraction of sp³-hybridized carbons (Fsp3) is 0.276. The van der Waals surface area contributed by atoms with Gasteiger partial charge in [-0.3, -0.25) is 14.9 Å². The second-order valence-corrected chi connectivity index (χ2v) is 9.90. The van der Waals surface area contributed by atoms with Crippen LogP contribution >= 0.6 is 15.9 Å². The molecular formula is C29H29BrN4O5. The molecule has 0 unspecified atom stereocenters. The summed E-state index contributed by atoms with van der Waals surface area (Å²) in [5.74, 6) is 0.780. The van der Waals surface area contributed by atoms with Gasteiger partial charge in [-0.2, -0.15) is 9.78 Å². The number of ether oxygens (including phenoxy) is 2. The molecule has 0 atom stereocenters. The zero-order chi connectivity index (χ0) is 27.9. The van der Waals surface area contributed by atoms with Crippen LogP contribution in [0.3, 0.4) is 0 Å². The summed E-state index contributed by atoms with van der Waals surface area (Å²) >= 11 is 3.40. The summed E-state index contributed by atoms with van der Waals surface area (Å²) in [6.45, 7) is 6.25. The maximum Gasteiger partial charge on any atom is 0.315 e. The Balaban J connectivity index is 1.75. The SMILES string of the molecule is CCCCc1nc2ccc(Br)cc2c(=O)n1N=Cc1cc(OCC)c(OCc2ccc(C)cc2)c([N+](=O)[O-])c1. The minimum atomic E-state index is -0.516. The third-order valence-corrected chi connectivity index (χ3v) is 6.50. The maximum absolute atomic E-state index is 13.4. The number of benzene rings is 3. The van der Waals surface area contributed by atoms with Crippen LogP contribution in [0.4, 0.5) is 5.69 Å². The Bertz CT molecular complexity index is 1580. The molecule has 0 aliphatic rings. The van der Waals surface area contributed by atoms with Crippen LogP contribution in [0.25, 0.3) is 10.9 Å². The van der Waals surface area contributed by atoms with E-state index in [4.69, 9.17) is 9.47 Å². The topological polar surface area (TPSA) is 109 Å². The molecule has 9 nitrogen and oxygen atoms in total. The third kappa shape index (κ3) is 6.69. The van der Waals surface area contributed by atoms with E-state index in [1.807, 2.05) is 37.3 Å². The first-order chi connectivity index (χ1) is 18.8. The molecule has 202 valence electrons. The van der Waals surface area contributed by atoms with Crippen molar-refractivity contribution < 1.29 is 14.4 Å². The standard InChI is InChI=1S/C29H29BrN4O5/c1-4-6-7-27-32-24-13-12-22(30)16-23(24)29(35)33(27)31-17-21-14-25(34(36)37)28(26(15-21)38-5-2)39-18-20-10-8-19(3)9-11-20/h8-17H,4-7,18H2,1-3H3. The first-order valence-corrected chi connectivity index (χ1v) is 13.5. The van der Waals surface area contributed by atoms with Gasteiger partial charge in [0.15, 0.2) is 5.75 Å². The highest BCUT2D eigenvalue weighted by Gasteiger charge is 2.23. The lowest BCUT2D eigenvalue weighted by Crippen LogP contribution is -2.22. The molecule has 4 aromatic rings. The van der Waals surface area contributed by atoms with Gasteiger partial charge >= 0.3 is 5.69 Å². The largest absolute Gasteiger partial charge is 0.490 e. The van der Waals surface area contributed by atoms with Crippen molar-refractivity contribution in [3.05, 3.63) is 102 Å². The van der Waals surface area contributed by atoms with E-state index in [0.717, 1.165) is 28.4 Å². The summed E-state index contributed by atoms with van der Waals surface area (Å²) in [5, 5.41) is 16.9. The van der Waals surface area contributed by atoms with E-state index in [2.05, 4.69) is 32.9 Å². The highest BCUT2D eigenvalue weighted by atomic mass is 79.9. The molecule has 10 heteroatoms. The van der Waals surface area contributed by atoms with Crippen molar-refractivity contribution in [1.29, 1.82) is 0 Å². The highest BCUT2D eigenvalue weighted by molar-refractivity contribution is 9.10. The lowest BCUT2D eigenvalue weighted by atomic mass is 10.1. The molecule has 1 aromatic heterocycles. The summed E-state index contributed by atoms with van der Waals surface area (Å²) in [4.78, 5) is 29.5. The van der Waals surface area contributed by atoms with Crippen molar-refractivity contribution >= 4 is 38.7 Å². The normalized spacial score (nSPS) is 11.3. The van der Waals surface area contributed by atoms with E-state index in [-0.39, 0.29) is 36.0 Å². The number of halogens is 1. The second-order valence-electron chi connectivity index (χ2n) is 8.99. The Morgan fingerprint density at radius 2 is 1.87 bits per heavy atom. The number of unbranched alkanes of at least 4 members (excludes halogenated alkanes) is 1. The predicted octanol–water partition coefficient (Wildman–Crippen LogP) is 6.58. The van der Waals surface area contributed by atoms with Crippen molar-refractivity contribution in [2.24, 2.45) is 5.10 Å². The molecule has 0 radical (unpaired) electrons. The van der Waals surface area contributed by atoms with Gasteiger partial charge in [-0.15, -0.1) is 0 Å². The van der Waals surface area contributed by atoms with Crippen LogP contribution in [0.15, 0.2) is 69.0 Å². The Hall–Kier alpha value is -4.05. The van der Waals surface area contributed by atoms with Crippen LogP contribution in [0.2, 0.25) is 0 Å². The number of nitrogens with zero attached hydrogens (tertiary/aromatic N) is 4. The van der Waals surface area contributed by atoms with Crippen molar-refractivity contribution in [2.45, 2.75) is 46.6 Å². The van der Waals surface area contributed by atoms with Gasteiger partial charge in [0, 0.05) is 22.5 Å². The number of aryl methyl sites for hydroxylation is 2. The molecule has 0 aliphatic carbocycles. The zero-order valence-electron chi connectivity index (χ0n) is 22.0. The van der Waals surface area contributed by atoms with Gasteiger partial charge in [-0.25, -0.2) is 4.98 Å². The van der Waals surface area contributed by atoms with Gasteiger partial charge in [0.05, 0.1) is 28.6 Å². The van der Waals surface area contributed by atoms with Gasteiger partial charge in [0.25, 0.3) is 5.56 Å². The fourth-order valence-corrected chi connectivity index (χ4v) is 4.36. The molecule has 39 heavy (non-hydrogen) atoms. The Kier molecular flexibility index (Phi) is 9.08. The van der Waals surface area contributed by atoms with Crippen LogP contribution < -0.4 is 15.0 Å². The summed E-state index contributed by atoms with van der Waals surface area (Å²) in [5.41, 5.74) is 2.38. The summed E-state index contributed by atoms with van der Waals surface area (Å²) in [6, 6.07) is 16.0. The van der Waals surface area contributed by atoms with E-state index in [1.165, 1.54) is 17.0 Å². The van der Waals surface area contributed by atoms with Crippen molar-refractivity contribution in [3.63, 3.8) is 0 Å². The summed E-state index contributed by atoms with van der Waals surface area (Å²) in [6.07, 6.45) is 3.72. The average Bonchev–Trinajstić information content (AvgIpc) is 2.92. The van der Waals surface area contributed by atoms with E-state index >= 15 is 0 Å². The van der Waals surface area contributed by atoms with Crippen LogP contribution in [0.5, 0.6) is 11.5 Å². The van der Waals surface area contributed by atoms with E-state index in [1.54, 1.807) is 25.1 Å². The molecule has 0 bridgehead atoms. The molecule has 1 heterocycles. The van der Waals surface area contributed by atoms with E-state index in [0.29, 0.717) is 28.7 Å². The monoisotopic (exact) mass is 592 g/mol. The smallest absolute Gasteiger partial charge is 0.315 e. The van der Waals surface area contributed by atoms with Crippen LogP contribution in [0.1, 0.15) is 49.2 Å². The summed E-state index contributed by atoms with van der Waals surface area (Å²) in [7, 11) is 0. The summed E-state index contributed by atoms with van der Waals surface area (Å²) < 4.78 is 13.6. The van der Waals surface area contributed by atoms with Crippen molar-refractivity contribution in [1.82, 2.24) is 9.66 Å². The second kappa shape index (κ2) is 12.7. The Morgan fingerprint density at radius 1 is 1.10 bits per heavy atom. The average molecular weight is 593 g/mol. The number of rotatable bonds is 11. The first-order valence-electron chi connectivity index (χ1n) is 12.7. The third-order valence-electron chi connectivity index (χ3n) is 6.01. The molecule has 0 saturated carbocycles. The zero-order valence-corrected chi connectivity index (χ0v) is 23.6. The molecule has 0 fully saturated rings. The van der Waals surface area contributed by atoms with Gasteiger partial charge in [0.1, 0.15) is 12.4 Å². The van der Waals surface area contributed by atoms with E-state index in [9.17, 15) is 14.9 Å². The number of nitro benzene ring substituents is 1. The van der Waals surface area contributed by atoms with Gasteiger partial charge in [-0.05, 0) is 50.1 Å². The minimum Gasteiger partial charge on any atom is -0.490 e. The minimum absolute atomic E-state index is 0.0394. The van der Waals surface area contributed by atoms with Crippen LogP contribution in [-0.2, 0) is 13.0 Å². The van der Waals surface area contributed by atoms with Crippen LogP contribution in [0, 0.1) is 17.0 Å². The maximum atomic E-state index is 13.4. The number of nitro groups is 1. The molecule has 4 rings (SSSR count). The first kappa shape index (κ1) is 28.0. The number of fused-ring (bicyclic) bond motifs is 1. The number of hydrogen-bond acceptors (Lipinski definition) is 7. The molecule has 0 spiro atoms. The van der Waals surface area contributed by atoms with Crippen molar-refractivity contribution in [3.8, 4) is 11.5 Å². The highest BCUT2D eigenvalue weighted by Crippen LogP contribution is 2.39. The van der Waals surface area contributed by atoms with Gasteiger partial charge < -0.3 is 9.47 Å². The fourth-order valence-electron chi connectivity index (χ4n) is 4.00. The van der Waals surface area contributed by atoms with Gasteiger partial charge in [0.2, 0.25) is 5.75 Å².